The normalized spacial score (nSPS) is 13.7. The zero-order valence-electron chi connectivity index (χ0n) is 17.3. The van der Waals surface area contributed by atoms with E-state index in [0.29, 0.717) is 37.7 Å². The largest absolute Gasteiger partial charge is 0.490 e. The number of carbonyl (C=O) groups is 1. The Balaban J connectivity index is 1.54. The fraction of sp³-hybridized carbons (Fsp3) is 0.435. The van der Waals surface area contributed by atoms with Gasteiger partial charge < -0.3 is 19.7 Å². The maximum atomic E-state index is 13.1. The van der Waals surface area contributed by atoms with Gasteiger partial charge in [-0.1, -0.05) is 12.1 Å². The Kier molecular flexibility index (Phi) is 8.51. The van der Waals surface area contributed by atoms with Crippen LogP contribution in [0.3, 0.4) is 0 Å². The summed E-state index contributed by atoms with van der Waals surface area (Å²) in [5.41, 5.74) is 1.96. The quantitative estimate of drug-likeness (QED) is 0.476. The first kappa shape index (κ1) is 22.6. The monoisotopic (exact) mass is 478 g/mol. The number of rotatable bonds is 11. The highest BCUT2D eigenvalue weighted by Crippen LogP contribution is 2.37. The molecule has 1 amide bonds. The van der Waals surface area contributed by atoms with E-state index < -0.39 is 0 Å². The van der Waals surface area contributed by atoms with Crippen molar-refractivity contribution in [1.82, 2.24) is 10.2 Å². The molecule has 2 aromatic carbocycles. The highest BCUT2D eigenvalue weighted by atomic mass is 79.9. The number of likely N-dealkylation sites (tertiary alicyclic amines) is 1. The third-order valence-electron chi connectivity index (χ3n) is 4.95. The van der Waals surface area contributed by atoms with E-state index in [4.69, 9.17) is 9.47 Å². The van der Waals surface area contributed by atoms with Crippen molar-refractivity contribution in [3.8, 4) is 11.5 Å². The number of amides is 1. The number of hydrogen-bond donors (Lipinski definition) is 1. The first-order chi connectivity index (χ1) is 14.6. The molecule has 30 heavy (non-hydrogen) atoms. The summed E-state index contributed by atoms with van der Waals surface area (Å²) in [6, 6.07) is 10.2. The Morgan fingerprint density at radius 1 is 1.17 bits per heavy atom. The second kappa shape index (κ2) is 11.3. The van der Waals surface area contributed by atoms with Crippen molar-refractivity contribution in [2.45, 2.75) is 39.3 Å². The van der Waals surface area contributed by atoms with E-state index in [1.54, 1.807) is 12.1 Å². The fourth-order valence-electron chi connectivity index (χ4n) is 3.43. The van der Waals surface area contributed by atoms with Gasteiger partial charge in [-0.3, -0.25) is 4.79 Å². The summed E-state index contributed by atoms with van der Waals surface area (Å²) in [7, 11) is 0. The number of hydrogen-bond acceptors (Lipinski definition) is 4. The lowest BCUT2D eigenvalue weighted by Crippen LogP contribution is -2.28. The topological polar surface area (TPSA) is 50.8 Å². The van der Waals surface area contributed by atoms with Crippen LogP contribution in [0.1, 0.15) is 37.3 Å². The smallest absolute Gasteiger partial charge is 0.222 e. The second-order valence-electron chi connectivity index (χ2n) is 7.27. The fourth-order valence-corrected chi connectivity index (χ4v) is 4.03. The Morgan fingerprint density at radius 3 is 2.67 bits per heavy atom. The van der Waals surface area contributed by atoms with Gasteiger partial charge in [-0.05, 0) is 77.6 Å². The van der Waals surface area contributed by atoms with Gasteiger partial charge in [-0.15, -0.1) is 0 Å². The summed E-state index contributed by atoms with van der Waals surface area (Å²) >= 11 is 3.59. The average molecular weight is 479 g/mol. The molecule has 1 heterocycles. The van der Waals surface area contributed by atoms with Gasteiger partial charge in [0.25, 0.3) is 0 Å². The molecular weight excluding hydrogens is 451 g/mol. The van der Waals surface area contributed by atoms with Gasteiger partial charge in [-0.25, -0.2) is 4.39 Å². The average Bonchev–Trinajstić information content (AvgIpc) is 3.13. The van der Waals surface area contributed by atoms with Crippen LogP contribution in [0.15, 0.2) is 40.9 Å². The highest BCUT2D eigenvalue weighted by molar-refractivity contribution is 9.10. The van der Waals surface area contributed by atoms with Crippen LogP contribution in [0.5, 0.6) is 11.5 Å². The predicted octanol–water partition coefficient (Wildman–Crippen LogP) is 4.67. The molecule has 1 aliphatic heterocycles. The summed E-state index contributed by atoms with van der Waals surface area (Å²) in [5.74, 6) is 1.32. The van der Waals surface area contributed by atoms with E-state index >= 15 is 0 Å². The van der Waals surface area contributed by atoms with E-state index in [1.165, 1.54) is 12.1 Å². The van der Waals surface area contributed by atoms with Crippen molar-refractivity contribution < 1.29 is 18.7 Å². The van der Waals surface area contributed by atoms with Crippen LogP contribution in [0.25, 0.3) is 0 Å². The number of benzene rings is 2. The van der Waals surface area contributed by atoms with E-state index in [9.17, 15) is 9.18 Å². The summed E-state index contributed by atoms with van der Waals surface area (Å²) in [5, 5.41) is 3.43. The van der Waals surface area contributed by atoms with Crippen molar-refractivity contribution in [3.63, 3.8) is 0 Å². The molecule has 0 atom stereocenters. The maximum Gasteiger partial charge on any atom is 0.222 e. The second-order valence-corrected chi connectivity index (χ2v) is 8.12. The number of carbonyl (C=O) groups excluding carboxylic acids is 1. The molecule has 0 bridgehead atoms. The predicted molar refractivity (Wildman–Crippen MR) is 118 cm³/mol. The van der Waals surface area contributed by atoms with Crippen molar-refractivity contribution >= 4 is 21.8 Å². The Hall–Kier alpha value is -2.12. The molecule has 2 aromatic rings. The summed E-state index contributed by atoms with van der Waals surface area (Å²) in [4.78, 5) is 13.6. The molecule has 1 N–H and O–H groups in total. The zero-order chi connectivity index (χ0) is 21.3. The van der Waals surface area contributed by atoms with Crippen LogP contribution in [0.4, 0.5) is 4.39 Å². The van der Waals surface area contributed by atoms with Crippen LogP contribution in [0, 0.1) is 5.82 Å². The van der Waals surface area contributed by atoms with Crippen LogP contribution in [-0.2, 0) is 17.9 Å². The first-order valence-corrected chi connectivity index (χ1v) is 11.2. The van der Waals surface area contributed by atoms with E-state index in [0.717, 1.165) is 48.1 Å². The maximum absolute atomic E-state index is 13.1. The Morgan fingerprint density at radius 2 is 1.97 bits per heavy atom. The molecule has 1 fully saturated rings. The molecule has 0 radical (unpaired) electrons. The lowest BCUT2D eigenvalue weighted by molar-refractivity contribution is -0.127. The molecule has 0 saturated carbocycles. The number of nitrogens with one attached hydrogen (secondary N) is 1. The van der Waals surface area contributed by atoms with Gasteiger partial charge >= 0.3 is 0 Å². The van der Waals surface area contributed by atoms with Crippen molar-refractivity contribution in [2.24, 2.45) is 0 Å². The minimum atomic E-state index is -0.265. The minimum Gasteiger partial charge on any atom is -0.490 e. The number of ether oxygens (including phenoxy) is 2. The van der Waals surface area contributed by atoms with Crippen LogP contribution < -0.4 is 14.8 Å². The molecule has 1 aliphatic rings. The van der Waals surface area contributed by atoms with Gasteiger partial charge in [0.1, 0.15) is 12.4 Å². The van der Waals surface area contributed by atoms with Crippen LogP contribution in [0.2, 0.25) is 0 Å². The molecule has 0 spiro atoms. The molecule has 0 unspecified atom stereocenters. The summed E-state index contributed by atoms with van der Waals surface area (Å²) in [6.07, 6.45) is 2.61. The third kappa shape index (κ3) is 6.44. The van der Waals surface area contributed by atoms with Crippen molar-refractivity contribution in [1.29, 1.82) is 0 Å². The molecule has 7 heteroatoms. The van der Waals surface area contributed by atoms with Gasteiger partial charge in [-0.2, -0.15) is 0 Å². The van der Waals surface area contributed by atoms with Gasteiger partial charge in [0.05, 0.1) is 11.1 Å². The Bertz CT molecular complexity index is 845. The molecular formula is C23H28BrFN2O3. The lowest BCUT2D eigenvalue weighted by Gasteiger charge is -2.17. The van der Waals surface area contributed by atoms with Gasteiger partial charge in [0.15, 0.2) is 11.5 Å². The molecule has 3 rings (SSSR count). The SMILES string of the molecule is CCOc1cc(CNCCCN2CCCC2=O)cc(Br)c1OCc1ccc(F)cc1. The van der Waals surface area contributed by atoms with E-state index in [1.807, 2.05) is 24.0 Å². The van der Waals surface area contributed by atoms with E-state index in [2.05, 4.69) is 21.2 Å². The zero-order valence-corrected chi connectivity index (χ0v) is 18.8. The van der Waals surface area contributed by atoms with Crippen LogP contribution >= 0.6 is 15.9 Å². The molecule has 1 saturated heterocycles. The van der Waals surface area contributed by atoms with Crippen molar-refractivity contribution in [2.75, 3.05) is 26.2 Å². The Labute approximate surface area is 185 Å². The van der Waals surface area contributed by atoms with Gasteiger partial charge in [0, 0.05) is 26.1 Å². The van der Waals surface area contributed by atoms with Crippen molar-refractivity contribution in [3.05, 3.63) is 57.8 Å². The van der Waals surface area contributed by atoms with E-state index in [-0.39, 0.29) is 11.7 Å². The summed E-state index contributed by atoms with van der Waals surface area (Å²) in [6.45, 7) is 6.03. The minimum absolute atomic E-state index is 0.265. The number of nitrogens with zero attached hydrogens (tertiary/aromatic N) is 1. The lowest BCUT2D eigenvalue weighted by atomic mass is 10.2. The number of halogens is 2. The summed E-state index contributed by atoms with van der Waals surface area (Å²) < 4.78 is 25.6. The standard InChI is InChI=1S/C23H28BrFN2O3/c1-2-29-21-14-18(15-26-10-4-12-27-11-3-5-22(27)28)13-20(24)23(21)30-16-17-6-8-19(25)9-7-17/h6-9,13-14,26H,2-5,10-12,15-16H2,1H3. The third-order valence-corrected chi connectivity index (χ3v) is 5.54. The molecule has 162 valence electrons. The molecule has 0 aliphatic carbocycles. The molecule has 0 aromatic heterocycles. The van der Waals surface area contributed by atoms with Crippen LogP contribution in [-0.4, -0.2) is 37.0 Å². The molecule has 5 nitrogen and oxygen atoms in total. The first-order valence-electron chi connectivity index (χ1n) is 10.4. The van der Waals surface area contributed by atoms with Gasteiger partial charge in [0.2, 0.25) is 5.91 Å². The highest BCUT2D eigenvalue weighted by Gasteiger charge is 2.19.